The molecule has 0 saturated heterocycles. The number of halogens is 1. The zero-order valence-electron chi connectivity index (χ0n) is 4.09. The zero-order valence-corrected chi connectivity index (χ0v) is 4.29. The first kappa shape index (κ1) is 33.2. The van der Waals surface area contributed by atoms with Crippen molar-refractivity contribution in [1.29, 1.82) is 0 Å². The van der Waals surface area contributed by atoms with Gasteiger partial charge >= 0.3 is 56.6 Å². The molecule has 0 fully saturated rings. The summed E-state index contributed by atoms with van der Waals surface area (Å²) in [5.41, 5.74) is 0. The first-order valence-corrected chi connectivity index (χ1v) is 0. The number of hydrogen-bond donors (Lipinski definition) is 0. The predicted octanol–water partition coefficient (Wildman–Crippen LogP) is -7.33. The molecule has 0 amide bonds. The summed E-state index contributed by atoms with van der Waals surface area (Å²) in [6.07, 6.45) is 0. The van der Waals surface area contributed by atoms with Crippen LogP contribution in [-0.2, 0) is 0 Å². The average molecular weight is 98.0 g/mol. The van der Waals surface area contributed by atoms with Crippen molar-refractivity contribution in [1.82, 2.24) is 0 Å². The van der Waals surface area contributed by atoms with Gasteiger partial charge in [0.25, 0.3) is 0 Å². The Kier molecular flexibility index (Phi) is 153. The van der Waals surface area contributed by atoms with Crippen LogP contribution in [0.25, 0.3) is 0 Å². The Hall–Kier alpha value is 2.32. The number of hydrogen-bond acceptors (Lipinski definition) is 0. The molecule has 0 nitrogen and oxygen atoms in total. The van der Waals surface area contributed by atoms with Crippen LogP contribution < -0.4 is 23.6 Å². The molecule has 0 rings (SSSR count). The quantitative estimate of drug-likeness (QED) is 0.264. The topological polar surface area (TPSA) is 0 Å². The van der Waals surface area contributed by atoms with Gasteiger partial charge in [0.15, 0.2) is 17.4 Å². The molecule has 0 heterocycles. The minimum absolute atomic E-state index is 0. The molecule has 0 atom stereocenters. The van der Waals surface area contributed by atoms with Crippen molar-refractivity contribution in [3.05, 3.63) is 0 Å². The van der Waals surface area contributed by atoms with E-state index >= 15 is 0 Å². The minimum Gasteiger partial charge on any atom is -1.00 e. The van der Waals surface area contributed by atoms with E-state index in [0.717, 1.165) is 0 Å². The second-order valence-electron chi connectivity index (χ2n) is 0. The van der Waals surface area contributed by atoms with Gasteiger partial charge in [-0.05, 0) is 0 Å². The van der Waals surface area contributed by atoms with Crippen LogP contribution in [0.15, 0.2) is 0 Å². The summed E-state index contributed by atoms with van der Waals surface area (Å²) in [5, 5.41) is 0. The van der Waals surface area contributed by atoms with Gasteiger partial charge in [0.2, 0.25) is 0 Å². The smallest absolute Gasteiger partial charge is 1.00 e. The Morgan fingerprint density at radius 3 is 1.25 bits per heavy atom. The van der Waals surface area contributed by atoms with E-state index in [0.29, 0.717) is 0 Å². The van der Waals surface area contributed by atoms with E-state index in [4.69, 9.17) is 0 Å². The van der Waals surface area contributed by atoms with Gasteiger partial charge in [-0.1, -0.05) is 0 Å². The molecule has 0 aliphatic heterocycles. The van der Waals surface area contributed by atoms with Crippen LogP contribution in [0, 0.1) is 0 Å². The molecule has 0 aliphatic carbocycles. The molecule has 0 aliphatic rings. The second kappa shape index (κ2) is 18.4. The Balaban J connectivity index is 0. The summed E-state index contributed by atoms with van der Waals surface area (Å²) >= 11 is 0. The fourth-order valence-electron chi connectivity index (χ4n) is 0. The standard InChI is InChI=1S/Al.Ca.FH.Li.5H/h;;1H;;;;;;/q;+2;;+1;;;;2*-1/p-1. The SMILES string of the molecule is [AlH3].[Ca+2].[F-].[H-].[H-].[Li+]. The molecular formula is H5AlCaFLi. The maximum absolute atomic E-state index is 0. The monoisotopic (exact) mass is 98.0 g/mol. The second-order valence-corrected chi connectivity index (χ2v) is 0. The third-order valence-electron chi connectivity index (χ3n) is 0. The van der Waals surface area contributed by atoms with Gasteiger partial charge in [0.1, 0.15) is 0 Å². The van der Waals surface area contributed by atoms with E-state index in [2.05, 4.69) is 0 Å². The summed E-state index contributed by atoms with van der Waals surface area (Å²) < 4.78 is 0. The van der Waals surface area contributed by atoms with Crippen LogP contribution in [0.2, 0.25) is 0 Å². The van der Waals surface area contributed by atoms with Crippen molar-refractivity contribution < 1.29 is 26.4 Å². The summed E-state index contributed by atoms with van der Waals surface area (Å²) in [5.74, 6) is 0. The molecule has 0 spiro atoms. The molecule has 0 saturated carbocycles. The van der Waals surface area contributed by atoms with Crippen molar-refractivity contribution in [2.24, 2.45) is 0 Å². The Bertz CT molecular complexity index is 13.5. The van der Waals surface area contributed by atoms with Crippen molar-refractivity contribution in [2.75, 3.05) is 0 Å². The Morgan fingerprint density at radius 1 is 1.25 bits per heavy atom. The van der Waals surface area contributed by atoms with Crippen molar-refractivity contribution in [3.63, 3.8) is 0 Å². The average Bonchev–Trinajstić information content (AvgIpc) is 0. The first-order valence-electron chi connectivity index (χ1n) is 0. The van der Waals surface area contributed by atoms with Gasteiger partial charge in [-0.15, -0.1) is 0 Å². The summed E-state index contributed by atoms with van der Waals surface area (Å²) in [6.45, 7) is 0. The molecule has 0 radical (unpaired) electrons. The van der Waals surface area contributed by atoms with Crippen molar-refractivity contribution in [2.45, 2.75) is 0 Å². The largest absolute Gasteiger partial charge is 2.00 e. The fraction of sp³-hybridized carbons (Fsp3) is 0. The molecule has 0 unspecified atom stereocenters. The Morgan fingerprint density at radius 2 is 1.25 bits per heavy atom. The van der Waals surface area contributed by atoms with E-state index in [1.54, 1.807) is 0 Å². The van der Waals surface area contributed by atoms with E-state index in [9.17, 15) is 0 Å². The predicted molar refractivity (Wildman–Crippen MR) is 17.9 cm³/mol. The normalized spacial score (nSPS) is 0. The molecule has 0 N–H and O–H groups in total. The molecule has 18 valence electrons. The first-order chi connectivity index (χ1) is 0. The fourth-order valence-corrected chi connectivity index (χ4v) is 0. The van der Waals surface area contributed by atoms with Gasteiger partial charge in [-0.2, -0.15) is 0 Å². The zero-order chi connectivity index (χ0) is 0. The maximum atomic E-state index is 0. The van der Waals surface area contributed by atoms with Gasteiger partial charge in [-0.25, -0.2) is 0 Å². The summed E-state index contributed by atoms with van der Waals surface area (Å²) in [7, 11) is 0. The van der Waals surface area contributed by atoms with Crippen LogP contribution in [0.4, 0.5) is 0 Å². The van der Waals surface area contributed by atoms with Crippen LogP contribution in [0.1, 0.15) is 2.85 Å². The molecular weight excluding hydrogens is 93.0 g/mol. The van der Waals surface area contributed by atoms with Gasteiger partial charge < -0.3 is 7.56 Å². The molecule has 0 aromatic rings. The van der Waals surface area contributed by atoms with Gasteiger partial charge in [-0.3, -0.25) is 0 Å². The van der Waals surface area contributed by atoms with Crippen LogP contribution in [-0.4, -0.2) is 55.1 Å². The van der Waals surface area contributed by atoms with Crippen LogP contribution in [0.3, 0.4) is 0 Å². The molecule has 4 heteroatoms. The summed E-state index contributed by atoms with van der Waals surface area (Å²) in [6, 6.07) is 0. The van der Waals surface area contributed by atoms with Gasteiger partial charge in [0, 0.05) is 0 Å². The van der Waals surface area contributed by atoms with E-state index in [1.165, 1.54) is 0 Å². The number of rotatable bonds is 0. The maximum Gasteiger partial charge on any atom is 2.00 e. The molecule has 0 aromatic carbocycles. The van der Waals surface area contributed by atoms with Crippen molar-refractivity contribution in [3.8, 4) is 0 Å². The van der Waals surface area contributed by atoms with Crippen LogP contribution >= 0.6 is 0 Å². The Labute approximate surface area is 80.4 Å². The minimum atomic E-state index is 0. The van der Waals surface area contributed by atoms with E-state index < -0.39 is 0 Å². The van der Waals surface area contributed by atoms with Crippen molar-refractivity contribution >= 4 is 55.1 Å². The third kappa shape index (κ3) is 8.85. The van der Waals surface area contributed by atoms with Gasteiger partial charge in [0.05, 0.1) is 0 Å². The third-order valence-corrected chi connectivity index (χ3v) is 0. The molecule has 4 heavy (non-hydrogen) atoms. The van der Waals surface area contributed by atoms with E-state index in [-0.39, 0.29) is 81.5 Å². The summed E-state index contributed by atoms with van der Waals surface area (Å²) in [4.78, 5) is 0. The molecule has 0 aromatic heterocycles. The van der Waals surface area contributed by atoms with E-state index in [1.807, 2.05) is 0 Å². The van der Waals surface area contributed by atoms with Crippen LogP contribution in [0.5, 0.6) is 0 Å². The molecule has 0 bridgehead atoms.